The maximum absolute atomic E-state index is 13.5. The van der Waals surface area contributed by atoms with Crippen molar-refractivity contribution in [2.24, 2.45) is 0 Å². The fourth-order valence-corrected chi connectivity index (χ4v) is 4.75. The van der Waals surface area contributed by atoms with Crippen molar-refractivity contribution in [3.63, 3.8) is 0 Å². The Morgan fingerprint density at radius 1 is 1.08 bits per heavy atom. The van der Waals surface area contributed by atoms with E-state index in [1.807, 2.05) is 69.3 Å². The molecule has 0 spiro atoms. The van der Waals surface area contributed by atoms with E-state index in [2.05, 4.69) is 17.5 Å². The Kier molecular flexibility index (Phi) is 8.17. The maximum atomic E-state index is 13.5. The topological polar surface area (TPSA) is 58.6 Å². The third-order valence-electron chi connectivity index (χ3n) is 6.23. The number of halogens is 1. The molecule has 0 fully saturated rings. The molecule has 4 rings (SSSR count). The molecule has 0 bridgehead atoms. The zero-order chi connectivity index (χ0) is 25.7. The number of aryl methyl sites for hydroxylation is 1. The molecule has 0 aromatic heterocycles. The highest BCUT2D eigenvalue weighted by atomic mass is 35.5. The van der Waals surface area contributed by atoms with Gasteiger partial charge in [-0.25, -0.2) is 0 Å². The number of hydrogen-bond donors (Lipinski definition) is 2. The molecule has 2 atom stereocenters. The summed E-state index contributed by atoms with van der Waals surface area (Å²) in [6.07, 6.45) is 6.70. The summed E-state index contributed by atoms with van der Waals surface area (Å²) in [6.45, 7) is 6.02. The lowest BCUT2D eigenvalue weighted by atomic mass is 9.94. The van der Waals surface area contributed by atoms with Gasteiger partial charge in [-0.15, -0.1) is 0 Å². The van der Waals surface area contributed by atoms with Gasteiger partial charge in [-0.1, -0.05) is 60.2 Å². The van der Waals surface area contributed by atoms with Crippen molar-refractivity contribution in [3.05, 3.63) is 106 Å². The number of ether oxygens (including phenoxy) is 1. The van der Waals surface area contributed by atoms with E-state index in [1.54, 1.807) is 18.2 Å². The summed E-state index contributed by atoms with van der Waals surface area (Å²) in [7, 11) is 0. The normalized spacial score (nSPS) is 14.9. The van der Waals surface area contributed by atoms with Crippen LogP contribution in [-0.2, 0) is 12.8 Å². The monoisotopic (exact) mass is 503 g/mol. The molecule has 0 saturated heterocycles. The van der Waals surface area contributed by atoms with E-state index in [0.29, 0.717) is 22.6 Å². The summed E-state index contributed by atoms with van der Waals surface area (Å²) in [5, 5.41) is 15.0. The van der Waals surface area contributed by atoms with Crippen molar-refractivity contribution in [3.8, 4) is 5.75 Å². The second-order valence-electron chi connectivity index (χ2n) is 10.3. The predicted octanol–water partition coefficient (Wildman–Crippen LogP) is 6.94. The highest BCUT2D eigenvalue weighted by molar-refractivity contribution is 6.30. The number of carbonyl (C=O) groups is 1. The number of benzene rings is 3. The van der Waals surface area contributed by atoms with Crippen LogP contribution in [0, 0.1) is 0 Å². The van der Waals surface area contributed by atoms with Gasteiger partial charge in [0.15, 0.2) is 0 Å². The van der Waals surface area contributed by atoms with Crippen molar-refractivity contribution in [2.45, 2.75) is 64.2 Å². The minimum atomic E-state index is -0.934. The quantitative estimate of drug-likeness (QED) is 0.367. The van der Waals surface area contributed by atoms with Gasteiger partial charge >= 0.3 is 0 Å². The standard InChI is InChI=1S/C31H34ClNO3/c1-31(2,3)36-25-17-15-21(16-18-25)19-28(29(34)23-11-7-12-24(32)20-23)33-30(35)27-14-8-10-22-9-5-4-6-13-26(22)27/h6-8,10-18,20,28-29,34H,4-5,9,19H2,1-3H3,(H,33,35). The minimum Gasteiger partial charge on any atom is -0.488 e. The molecule has 5 heteroatoms. The molecule has 2 N–H and O–H groups in total. The average Bonchev–Trinajstić information content (AvgIpc) is 3.09. The summed E-state index contributed by atoms with van der Waals surface area (Å²) >= 11 is 6.20. The Labute approximate surface area is 219 Å². The Morgan fingerprint density at radius 3 is 2.56 bits per heavy atom. The van der Waals surface area contributed by atoms with Gasteiger partial charge in [0.25, 0.3) is 5.91 Å². The van der Waals surface area contributed by atoms with E-state index in [9.17, 15) is 9.90 Å². The Balaban J connectivity index is 1.61. The van der Waals surface area contributed by atoms with E-state index in [0.717, 1.165) is 36.1 Å². The van der Waals surface area contributed by atoms with Crippen LogP contribution in [0.5, 0.6) is 5.75 Å². The van der Waals surface area contributed by atoms with Gasteiger partial charge in [-0.05, 0) is 99.0 Å². The van der Waals surface area contributed by atoms with Crippen LogP contribution in [0.25, 0.3) is 6.08 Å². The first kappa shape index (κ1) is 26.0. The van der Waals surface area contributed by atoms with E-state index in [1.165, 1.54) is 5.56 Å². The van der Waals surface area contributed by atoms with E-state index in [4.69, 9.17) is 16.3 Å². The number of fused-ring (bicyclic) bond motifs is 1. The van der Waals surface area contributed by atoms with Crippen molar-refractivity contribution in [1.82, 2.24) is 5.32 Å². The van der Waals surface area contributed by atoms with Gasteiger partial charge in [-0.2, -0.15) is 0 Å². The molecule has 0 heterocycles. The molecule has 1 amide bonds. The third-order valence-corrected chi connectivity index (χ3v) is 6.47. The van der Waals surface area contributed by atoms with Crippen molar-refractivity contribution in [1.29, 1.82) is 0 Å². The van der Waals surface area contributed by atoms with E-state index in [-0.39, 0.29) is 11.5 Å². The van der Waals surface area contributed by atoms with E-state index < -0.39 is 12.1 Å². The summed E-state index contributed by atoms with van der Waals surface area (Å²) in [4.78, 5) is 13.5. The lowest BCUT2D eigenvalue weighted by Crippen LogP contribution is -2.41. The van der Waals surface area contributed by atoms with Crippen molar-refractivity contribution < 1.29 is 14.6 Å². The Hall–Kier alpha value is -3.08. The summed E-state index contributed by atoms with van der Waals surface area (Å²) in [5.41, 5.74) is 4.12. The molecule has 36 heavy (non-hydrogen) atoms. The Morgan fingerprint density at radius 2 is 1.83 bits per heavy atom. The first-order valence-corrected chi connectivity index (χ1v) is 12.9. The van der Waals surface area contributed by atoms with Crippen molar-refractivity contribution >= 4 is 23.6 Å². The molecule has 0 aliphatic heterocycles. The molecular formula is C31H34ClNO3. The van der Waals surface area contributed by atoms with Gasteiger partial charge in [-0.3, -0.25) is 4.79 Å². The second-order valence-corrected chi connectivity index (χ2v) is 10.8. The van der Waals surface area contributed by atoms with Crippen LogP contribution in [-0.4, -0.2) is 22.7 Å². The molecular weight excluding hydrogens is 470 g/mol. The number of amides is 1. The minimum absolute atomic E-state index is 0.197. The fourth-order valence-electron chi connectivity index (χ4n) is 4.55. The number of hydrogen-bond acceptors (Lipinski definition) is 3. The van der Waals surface area contributed by atoms with Crippen LogP contribution in [0.4, 0.5) is 0 Å². The van der Waals surface area contributed by atoms with Gasteiger partial charge < -0.3 is 15.2 Å². The average molecular weight is 504 g/mol. The number of carbonyl (C=O) groups excluding carboxylic acids is 1. The Bertz CT molecular complexity index is 1230. The zero-order valence-corrected chi connectivity index (χ0v) is 21.9. The molecule has 1 aliphatic rings. The van der Waals surface area contributed by atoms with Crippen LogP contribution >= 0.6 is 11.6 Å². The number of rotatable bonds is 7. The molecule has 0 radical (unpaired) electrons. The first-order valence-electron chi connectivity index (χ1n) is 12.5. The van der Waals surface area contributed by atoms with Gasteiger partial charge in [0.05, 0.1) is 12.1 Å². The number of allylic oxidation sites excluding steroid dienone is 1. The molecule has 188 valence electrons. The summed E-state index contributed by atoms with van der Waals surface area (Å²) < 4.78 is 5.94. The van der Waals surface area contributed by atoms with Crippen molar-refractivity contribution in [2.75, 3.05) is 0 Å². The van der Waals surface area contributed by atoms with Crippen LogP contribution in [0.2, 0.25) is 5.02 Å². The molecule has 2 unspecified atom stereocenters. The van der Waals surface area contributed by atoms with Gasteiger partial charge in [0.1, 0.15) is 11.4 Å². The predicted molar refractivity (Wildman–Crippen MR) is 147 cm³/mol. The SMILES string of the molecule is CC(C)(C)Oc1ccc(CC(NC(=O)c2cccc3c2C=CCCC3)C(O)c2cccc(Cl)c2)cc1. The lowest BCUT2D eigenvalue weighted by Gasteiger charge is -2.26. The summed E-state index contributed by atoms with van der Waals surface area (Å²) in [6, 6.07) is 20.2. The number of aliphatic hydroxyl groups is 1. The number of nitrogens with one attached hydrogen (secondary N) is 1. The van der Waals surface area contributed by atoms with Crippen LogP contribution in [0.3, 0.4) is 0 Å². The highest BCUT2D eigenvalue weighted by Gasteiger charge is 2.26. The molecule has 3 aromatic carbocycles. The summed E-state index contributed by atoms with van der Waals surface area (Å²) in [5.74, 6) is 0.582. The third kappa shape index (κ3) is 6.77. The van der Waals surface area contributed by atoms with Crippen LogP contribution in [0.15, 0.2) is 72.8 Å². The highest BCUT2D eigenvalue weighted by Crippen LogP contribution is 2.27. The molecule has 1 aliphatic carbocycles. The molecule has 0 saturated carbocycles. The second kappa shape index (κ2) is 11.3. The fraction of sp³-hybridized carbons (Fsp3) is 0.323. The zero-order valence-electron chi connectivity index (χ0n) is 21.1. The molecule has 3 aromatic rings. The number of aliphatic hydroxyl groups excluding tert-OH is 1. The first-order chi connectivity index (χ1) is 17.2. The largest absolute Gasteiger partial charge is 0.488 e. The van der Waals surface area contributed by atoms with Gasteiger partial charge in [0.2, 0.25) is 0 Å². The van der Waals surface area contributed by atoms with Gasteiger partial charge in [0, 0.05) is 10.6 Å². The lowest BCUT2D eigenvalue weighted by molar-refractivity contribution is 0.0831. The van der Waals surface area contributed by atoms with E-state index >= 15 is 0 Å². The van der Waals surface area contributed by atoms with Crippen LogP contribution < -0.4 is 10.1 Å². The van der Waals surface area contributed by atoms with Crippen LogP contribution in [0.1, 0.15) is 72.3 Å². The smallest absolute Gasteiger partial charge is 0.252 e. The maximum Gasteiger partial charge on any atom is 0.252 e. The molecule has 4 nitrogen and oxygen atoms in total.